The van der Waals surface area contributed by atoms with Crippen molar-refractivity contribution < 1.29 is 9.47 Å². The number of nitrogens with zero attached hydrogens (tertiary/aromatic N) is 1. The normalized spacial score (nSPS) is 24.0. The van der Waals surface area contributed by atoms with Gasteiger partial charge in [-0.2, -0.15) is 5.26 Å². The second-order valence-electron chi connectivity index (χ2n) is 4.14. The van der Waals surface area contributed by atoms with Crippen molar-refractivity contribution in [3.8, 4) is 11.8 Å². The fourth-order valence-corrected chi connectivity index (χ4v) is 2.22. The summed E-state index contributed by atoms with van der Waals surface area (Å²) in [6.45, 7) is 3.31. The largest absolute Gasteiger partial charge is 0.493 e. The molecule has 2 rings (SSSR count). The topological polar surface area (TPSA) is 42.2 Å². The van der Waals surface area contributed by atoms with Crippen LogP contribution in [-0.4, -0.2) is 13.2 Å². The Morgan fingerprint density at radius 3 is 3.06 bits per heavy atom. The number of para-hydroxylation sites is 1. The molecule has 0 bridgehead atoms. The zero-order valence-corrected chi connectivity index (χ0v) is 10.1. The molecule has 1 aliphatic rings. The first-order valence-electron chi connectivity index (χ1n) is 6.09. The van der Waals surface area contributed by atoms with Crippen LogP contribution in [0.15, 0.2) is 24.3 Å². The van der Waals surface area contributed by atoms with Gasteiger partial charge >= 0.3 is 0 Å². The van der Waals surface area contributed by atoms with E-state index in [4.69, 9.17) is 9.47 Å². The molecule has 0 aliphatic carbocycles. The van der Waals surface area contributed by atoms with Crippen LogP contribution in [0.1, 0.15) is 31.4 Å². The van der Waals surface area contributed by atoms with Crippen LogP contribution in [0.25, 0.3) is 0 Å². The molecular weight excluding hydrogens is 214 g/mol. The second-order valence-corrected chi connectivity index (χ2v) is 4.14. The molecule has 1 aliphatic heterocycles. The highest BCUT2D eigenvalue weighted by atomic mass is 16.5. The fraction of sp³-hybridized carbons (Fsp3) is 0.500. The number of nitriles is 1. The van der Waals surface area contributed by atoms with E-state index >= 15 is 0 Å². The lowest BCUT2D eigenvalue weighted by Gasteiger charge is -2.28. The van der Waals surface area contributed by atoms with E-state index in [-0.39, 0.29) is 12.0 Å². The lowest BCUT2D eigenvalue weighted by molar-refractivity contribution is -0.0116. The summed E-state index contributed by atoms with van der Waals surface area (Å²) in [6.07, 6.45) is 1.73. The summed E-state index contributed by atoms with van der Waals surface area (Å²) in [5.41, 5.74) is 1.00. The molecule has 1 saturated heterocycles. The highest BCUT2D eigenvalue weighted by Crippen LogP contribution is 2.37. The first-order valence-corrected chi connectivity index (χ1v) is 6.09. The van der Waals surface area contributed by atoms with Crippen LogP contribution in [0.3, 0.4) is 0 Å². The van der Waals surface area contributed by atoms with E-state index in [1.165, 1.54) is 0 Å². The Hall–Kier alpha value is -1.53. The van der Waals surface area contributed by atoms with Crippen molar-refractivity contribution in [1.82, 2.24) is 0 Å². The molecular formula is C14H17NO2. The zero-order valence-electron chi connectivity index (χ0n) is 10.1. The first kappa shape index (κ1) is 11.9. The molecule has 1 heterocycles. The van der Waals surface area contributed by atoms with Crippen molar-refractivity contribution >= 4 is 0 Å². The number of ether oxygens (including phenoxy) is 2. The lowest BCUT2D eigenvalue weighted by Crippen LogP contribution is -2.22. The summed E-state index contributed by atoms with van der Waals surface area (Å²) >= 11 is 0. The first-order chi connectivity index (χ1) is 8.36. The Balaban J connectivity index is 2.28. The summed E-state index contributed by atoms with van der Waals surface area (Å²) < 4.78 is 11.3. The molecule has 1 aromatic rings. The molecule has 0 spiro atoms. The molecule has 3 nitrogen and oxygen atoms in total. The Bertz CT molecular complexity index is 411. The lowest BCUT2D eigenvalue weighted by atomic mass is 9.90. The van der Waals surface area contributed by atoms with E-state index in [9.17, 15) is 5.26 Å². The zero-order chi connectivity index (χ0) is 12.1. The smallest absolute Gasteiger partial charge is 0.125 e. The molecule has 0 N–H and O–H groups in total. The fourth-order valence-electron chi connectivity index (χ4n) is 2.22. The molecule has 1 fully saturated rings. The van der Waals surface area contributed by atoms with Gasteiger partial charge in [-0.25, -0.2) is 0 Å². The highest BCUT2D eigenvalue weighted by Gasteiger charge is 2.29. The van der Waals surface area contributed by atoms with Crippen LogP contribution < -0.4 is 4.74 Å². The van der Waals surface area contributed by atoms with Gasteiger partial charge in [-0.05, 0) is 25.8 Å². The minimum Gasteiger partial charge on any atom is -0.493 e. The molecule has 17 heavy (non-hydrogen) atoms. The van der Waals surface area contributed by atoms with Crippen LogP contribution in [0.2, 0.25) is 0 Å². The summed E-state index contributed by atoms with van der Waals surface area (Å²) in [5, 5.41) is 9.17. The molecule has 1 aromatic carbocycles. The maximum Gasteiger partial charge on any atom is 0.125 e. The second kappa shape index (κ2) is 5.70. The minimum atomic E-state index is -0.142. The van der Waals surface area contributed by atoms with Crippen LogP contribution in [-0.2, 0) is 4.74 Å². The quantitative estimate of drug-likeness (QED) is 0.802. The Morgan fingerprint density at radius 2 is 2.29 bits per heavy atom. The predicted octanol–water partition coefficient (Wildman–Crippen LogP) is 3.08. The van der Waals surface area contributed by atoms with E-state index in [0.29, 0.717) is 6.61 Å². The van der Waals surface area contributed by atoms with Crippen molar-refractivity contribution in [2.24, 2.45) is 5.92 Å². The van der Waals surface area contributed by atoms with Gasteiger partial charge in [0.15, 0.2) is 0 Å². The van der Waals surface area contributed by atoms with Gasteiger partial charge in [-0.3, -0.25) is 0 Å². The molecule has 0 saturated carbocycles. The SMILES string of the molecule is CCOc1ccccc1C1OCCCC1C#N. The van der Waals surface area contributed by atoms with Gasteiger partial charge in [0.2, 0.25) is 0 Å². The third-order valence-corrected chi connectivity index (χ3v) is 3.01. The van der Waals surface area contributed by atoms with Crippen LogP contribution in [0.5, 0.6) is 5.75 Å². The van der Waals surface area contributed by atoms with Gasteiger partial charge < -0.3 is 9.47 Å². The molecule has 0 amide bonds. The molecule has 3 heteroatoms. The summed E-state index contributed by atoms with van der Waals surface area (Å²) in [7, 11) is 0. The summed E-state index contributed by atoms with van der Waals surface area (Å²) in [5.74, 6) is 0.771. The average molecular weight is 231 g/mol. The third kappa shape index (κ3) is 2.59. The van der Waals surface area contributed by atoms with Gasteiger partial charge in [-0.1, -0.05) is 18.2 Å². The molecule has 90 valence electrons. The Labute approximate surface area is 102 Å². The maximum absolute atomic E-state index is 9.17. The van der Waals surface area contributed by atoms with Crippen molar-refractivity contribution in [2.75, 3.05) is 13.2 Å². The molecule has 0 aromatic heterocycles. The minimum absolute atomic E-state index is 0.0645. The number of hydrogen-bond acceptors (Lipinski definition) is 3. The van der Waals surface area contributed by atoms with Crippen LogP contribution in [0.4, 0.5) is 0 Å². The van der Waals surface area contributed by atoms with Gasteiger partial charge in [0.1, 0.15) is 11.9 Å². The van der Waals surface area contributed by atoms with Gasteiger partial charge in [0.05, 0.1) is 18.6 Å². The Kier molecular flexibility index (Phi) is 4.00. The monoisotopic (exact) mass is 231 g/mol. The molecule has 0 radical (unpaired) electrons. The van der Waals surface area contributed by atoms with Crippen molar-refractivity contribution in [1.29, 1.82) is 5.26 Å². The number of benzene rings is 1. The highest BCUT2D eigenvalue weighted by molar-refractivity contribution is 5.36. The van der Waals surface area contributed by atoms with Crippen molar-refractivity contribution in [2.45, 2.75) is 25.9 Å². The molecule has 2 unspecified atom stereocenters. The standard InChI is InChI=1S/C14H17NO2/c1-2-16-13-8-4-3-7-12(13)14-11(10-15)6-5-9-17-14/h3-4,7-8,11,14H,2,5-6,9H2,1H3. The van der Waals surface area contributed by atoms with E-state index in [1.54, 1.807) is 0 Å². The van der Waals surface area contributed by atoms with E-state index in [0.717, 1.165) is 30.8 Å². The third-order valence-electron chi connectivity index (χ3n) is 3.01. The van der Waals surface area contributed by atoms with E-state index in [1.807, 2.05) is 31.2 Å². The van der Waals surface area contributed by atoms with E-state index < -0.39 is 0 Å². The van der Waals surface area contributed by atoms with Crippen molar-refractivity contribution in [3.63, 3.8) is 0 Å². The Morgan fingerprint density at radius 1 is 1.47 bits per heavy atom. The van der Waals surface area contributed by atoms with Crippen LogP contribution >= 0.6 is 0 Å². The predicted molar refractivity (Wildman–Crippen MR) is 64.6 cm³/mol. The summed E-state index contributed by atoms with van der Waals surface area (Å²) in [4.78, 5) is 0. The van der Waals surface area contributed by atoms with Crippen molar-refractivity contribution in [3.05, 3.63) is 29.8 Å². The van der Waals surface area contributed by atoms with Gasteiger partial charge in [-0.15, -0.1) is 0 Å². The maximum atomic E-state index is 9.17. The van der Waals surface area contributed by atoms with Gasteiger partial charge in [0.25, 0.3) is 0 Å². The average Bonchev–Trinajstić information content (AvgIpc) is 2.40. The summed E-state index contributed by atoms with van der Waals surface area (Å²) in [6, 6.07) is 10.2. The molecule has 2 atom stereocenters. The number of rotatable bonds is 3. The number of hydrogen-bond donors (Lipinski definition) is 0. The van der Waals surface area contributed by atoms with Gasteiger partial charge in [0, 0.05) is 12.2 Å². The van der Waals surface area contributed by atoms with E-state index in [2.05, 4.69) is 6.07 Å². The van der Waals surface area contributed by atoms with Crippen LogP contribution in [0, 0.1) is 17.2 Å².